The number of thioether (sulfide) groups is 1. The average Bonchev–Trinajstić information content (AvgIpc) is 2.27. The maximum absolute atomic E-state index is 9.71. The molecule has 16 heavy (non-hydrogen) atoms. The number of aliphatic hydroxyl groups is 1. The van der Waals surface area contributed by atoms with Crippen LogP contribution in [0.25, 0.3) is 0 Å². The van der Waals surface area contributed by atoms with E-state index in [-0.39, 0.29) is 0 Å². The smallest absolute Gasteiger partial charge is 0.0741 e. The van der Waals surface area contributed by atoms with Gasteiger partial charge in [0.2, 0.25) is 0 Å². The zero-order chi connectivity index (χ0) is 12.0. The van der Waals surface area contributed by atoms with E-state index in [0.717, 1.165) is 23.6 Å². The molecule has 0 aliphatic rings. The molecule has 1 aromatic carbocycles. The summed E-state index contributed by atoms with van der Waals surface area (Å²) in [6.07, 6.45) is 1.70. The van der Waals surface area contributed by atoms with Crippen molar-refractivity contribution in [2.45, 2.75) is 30.3 Å². The Bertz CT molecular complexity index is 313. The molecule has 0 fully saturated rings. The normalized spacial score (nSPS) is 14.8. The van der Waals surface area contributed by atoms with Gasteiger partial charge in [-0.25, -0.2) is 0 Å². The van der Waals surface area contributed by atoms with Crippen molar-refractivity contribution in [3.8, 4) is 0 Å². The van der Waals surface area contributed by atoms with Gasteiger partial charge < -0.3 is 10.8 Å². The molecule has 1 atom stereocenters. The van der Waals surface area contributed by atoms with Gasteiger partial charge in [-0.15, -0.1) is 11.8 Å². The summed E-state index contributed by atoms with van der Waals surface area (Å²) in [5.41, 5.74) is 4.72. The third-order valence-corrected chi connectivity index (χ3v) is 3.73. The van der Waals surface area contributed by atoms with Crippen molar-refractivity contribution in [3.63, 3.8) is 0 Å². The van der Waals surface area contributed by atoms with Crippen LogP contribution in [0.2, 0.25) is 5.02 Å². The van der Waals surface area contributed by atoms with Gasteiger partial charge in [-0.05, 0) is 49.8 Å². The number of nitrogens with two attached hydrogens (primary N) is 1. The Morgan fingerprint density at radius 3 is 2.56 bits per heavy atom. The highest BCUT2D eigenvalue weighted by Gasteiger charge is 2.16. The highest BCUT2D eigenvalue weighted by Crippen LogP contribution is 2.22. The van der Waals surface area contributed by atoms with Gasteiger partial charge in [0, 0.05) is 16.5 Å². The average molecular weight is 260 g/mol. The van der Waals surface area contributed by atoms with Crippen LogP contribution in [-0.2, 0) is 0 Å². The summed E-state index contributed by atoms with van der Waals surface area (Å²) >= 11 is 7.57. The van der Waals surface area contributed by atoms with E-state index in [0.29, 0.717) is 6.54 Å². The van der Waals surface area contributed by atoms with Crippen LogP contribution >= 0.6 is 23.4 Å². The molecule has 0 saturated carbocycles. The van der Waals surface area contributed by atoms with E-state index >= 15 is 0 Å². The summed E-state index contributed by atoms with van der Waals surface area (Å²) in [7, 11) is 0. The monoisotopic (exact) mass is 259 g/mol. The molecule has 0 aliphatic heterocycles. The minimum atomic E-state index is -0.722. The van der Waals surface area contributed by atoms with Gasteiger partial charge in [0.1, 0.15) is 0 Å². The lowest BCUT2D eigenvalue weighted by Gasteiger charge is -2.20. The lowest BCUT2D eigenvalue weighted by molar-refractivity contribution is 0.0596. The minimum Gasteiger partial charge on any atom is -0.389 e. The highest BCUT2D eigenvalue weighted by atomic mass is 35.5. The molecule has 3 N–H and O–H groups in total. The molecular formula is C12H18ClNOS. The molecule has 4 heteroatoms. The lowest BCUT2D eigenvalue weighted by Crippen LogP contribution is -2.34. The fraction of sp³-hybridized carbons (Fsp3) is 0.500. The van der Waals surface area contributed by atoms with Gasteiger partial charge in [-0.1, -0.05) is 11.6 Å². The van der Waals surface area contributed by atoms with Crippen molar-refractivity contribution in [2.75, 3.05) is 12.3 Å². The summed E-state index contributed by atoms with van der Waals surface area (Å²) < 4.78 is 0. The van der Waals surface area contributed by atoms with E-state index in [4.69, 9.17) is 17.3 Å². The zero-order valence-electron chi connectivity index (χ0n) is 9.45. The van der Waals surface area contributed by atoms with E-state index in [2.05, 4.69) is 0 Å². The largest absolute Gasteiger partial charge is 0.389 e. The molecule has 0 aliphatic carbocycles. The second kappa shape index (κ2) is 6.50. The van der Waals surface area contributed by atoms with E-state index in [9.17, 15) is 5.11 Å². The van der Waals surface area contributed by atoms with Crippen molar-refractivity contribution in [1.29, 1.82) is 0 Å². The Hall–Kier alpha value is -0.220. The second-order valence-corrected chi connectivity index (χ2v) is 5.71. The van der Waals surface area contributed by atoms with Crippen LogP contribution in [0.15, 0.2) is 29.2 Å². The van der Waals surface area contributed by atoms with Crippen molar-refractivity contribution in [1.82, 2.24) is 0 Å². The summed E-state index contributed by atoms with van der Waals surface area (Å²) in [5.74, 6) is 0.984. The first kappa shape index (κ1) is 13.8. The Labute approximate surface area is 106 Å². The van der Waals surface area contributed by atoms with Crippen LogP contribution in [0.4, 0.5) is 0 Å². The topological polar surface area (TPSA) is 46.2 Å². The molecular weight excluding hydrogens is 242 g/mol. The van der Waals surface area contributed by atoms with Gasteiger partial charge in [0.25, 0.3) is 0 Å². The second-order valence-electron chi connectivity index (χ2n) is 4.11. The van der Waals surface area contributed by atoms with Gasteiger partial charge in [-0.2, -0.15) is 0 Å². The van der Waals surface area contributed by atoms with E-state index in [1.807, 2.05) is 24.3 Å². The molecule has 1 rings (SSSR count). The first-order chi connectivity index (χ1) is 7.53. The number of hydrogen-bond donors (Lipinski definition) is 2. The molecule has 1 aromatic rings. The molecule has 0 spiro atoms. The molecule has 0 saturated heterocycles. The molecule has 0 bridgehead atoms. The van der Waals surface area contributed by atoms with Gasteiger partial charge >= 0.3 is 0 Å². The Balaban J connectivity index is 2.23. The molecule has 0 heterocycles. The van der Waals surface area contributed by atoms with Gasteiger partial charge in [0.05, 0.1) is 5.60 Å². The Morgan fingerprint density at radius 2 is 2.00 bits per heavy atom. The number of halogens is 1. The van der Waals surface area contributed by atoms with Gasteiger partial charge in [-0.3, -0.25) is 0 Å². The fourth-order valence-corrected chi connectivity index (χ4v) is 2.25. The van der Waals surface area contributed by atoms with E-state index in [1.165, 1.54) is 4.90 Å². The number of benzene rings is 1. The van der Waals surface area contributed by atoms with Crippen LogP contribution in [0, 0.1) is 0 Å². The summed E-state index contributed by atoms with van der Waals surface area (Å²) in [5, 5.41) is 10.5. The van der Waals surface area contributed by atoms with Crippen LogP contribution in [0.1, 0.15) is 19.8 Å². The molecule has 2 nitrogen and oxygen atoms in total. The molecule has 0 amide bonds. The third kappa shape index (κ3) is 5.21. The molecule has 90 valence electrons. The van der Waals surface area contributed by atoms with Crippen LogP contribution < -0.4 is 5.73 Å². The first-order valence-corrected chi connectivity index (χ1v) is 6.71. The quantitative estimate of drug-likeness (QED) is 0.610. The molecule has 0 radical (unpaired) electrons. The number of rotatable bonds is 6. The summed E-state index contributed by atoms with van der Waals surface area (Å²) in [4.78, 5) is 1.21. The van der Waals surface area contributed by atoms with Crippen LogP contribution in [0.5, 0.6) is 0 Å². The maximum atomic E-state index is 9.71. The lowest BCUT2D eigenvalue weighted by atomic mass is 10.0. The predicted molar refractivity (Wildman–Crippen MR) is 71.1 cm³/mol. The van der Waals surface area contributed by atoms with Crippen molar-refractivity contribution in [2.24, 2.45) is 5.73 Å². The first-order valence-electron chi connectivity index (χ1n) is 5.34. The van der Waals surface area contributed by atoms with Gasteiger partial charge in [0.15, 0.2) is 0 Å². The SMILES string of the molecule is CC(O)(CN)CCCSc1ccc(Cl)cc1. The highest BCUT2D eigenvalue weighted by molar-refractivity contribution is 7.99. The Morgan fingerprint density at radius 1 is 1.38 bits per heavy atom. The maximum Gasteiger partial charge on any atom is 0.0741 e. The summed E-state index contributed by atoms with van der Waals surface area (Å²) in [6.45, 7) is 2.10. The summed E-state index contributed by atoms with van der Waals surface area (Å²) in [6, 6.07) is 7.79. The predicted octanol–water partition coefficient (Wildman–Crippen LogP) is 2.92. The molecule has 0 aromatic heterocycles. The van der Waals surface area contributed by atoms with Crippen LogP contribution in [0.3, 0.4) is 0 Å². The number of hydrogen-bond acceptors (Lipinski definition) is 3. The van der Waals surface area contributed by atoms with Crippen LogP contribution in [-0.4, -0.2) is 23.0 Å². The van der Waals surface area contributed by atoms with E-state index in [1.54, 1.807) is 18.7 Å². The van der Waals surface area contributed by atoms with Crippen molar-refractivity contribution in [3.05, 3.63) is 29.3 Å². The zero-order valence-corrected chi connectivity index (χ0v) is 11.0. The Kier molecular flexibility index (Phi) is 5.62. The van der Waals surface area contributed by atoms with E-state index < -0.39 is 5.60 Å². The minimum absolute atomic E-state index is 0.318. The molecule has 1 unspecified atom stereocenters. The van der Waals surface area contributed by atoms with Crippen molar-refractivity contribution >= 4 is 23.4 Å². The van der Waals surface area contributed by atoms with Crippen molar-refractivity contribution < 1.29 is 5.11 Å². The standard InChI is InChI=1S/C12H18ClNOS/c1-12(15,9-14)7-2-8-16-11-5-3-10(13)4-6-11/h3-6,15H,2,7-9,14H2,1H3. The third-order valence-electron chi connectivity index (χ3n) is 2.38. The fourth-order valence-electron chi connectivity index (χ4n) is 1.28.